The SMILES string of the molecule is Cc1cc(N2N=C(c3cccnc3)C(C)C2=O)cc(C)c1C. The zero-order chi connectivity index (χ0) is 15.9. The molecule has 112 valence electrons. The molecule has 0 fully saturated rings. The summed E-state index contributed by atoms with van der Waals surface area (Å²) in [4.78, 5) is 16.7. The molecule has 1 atom stereocenters. The van der Waals surface area contributed by atoms with Crippen LogP contribution in [0.5, 0.6) is 0 Å². The third kappa shape index (κ3) is 2.30. The van der Waals surface area contributed by atoms with Crippen molar-refractivity contribution in [3.05, 3.63) is 58.9 Å². The average Bonchev–Trinajstić information content (AvgIpc) is 2.81. The van der Waals surface area contributed by atoms with Crippen molar-refractivity contribution in [3.8, 4) is 0 Å². The summed E-state index contributed by atoms with van der Waals surface area (Å²) in [6, 6.07) is 7.83. The highest BCUT2D eigenvalue weighted by Gasteiger charge is 2.34. The Hall–Kier alpha value is -2.49. The molecule has 0 spiro atoms. The van der Waals surface area contributed by atoms with Crippen molar-refractivity contribution in [2.24, 2.45) is 11.0 Å². The van der Waals surface area contributed by atoms with Crippen molar-refractivity contribution >= 4 is 17.3 Å². The predicted octanol–water partition coefficient (Wildman–Crippen LogP) is 3.39. The van der Waals surface area contributed by atoms with Crippen LogP contribution in [0.1, 0.15) is 29.2 Å². The standard InChI is InChI=1S/C18H19N3O/c1-11-8-16(9-12(2)13(11)3)21-18(22)14(4)17(20-21)15-6-5-7-19-10-15/h5-10,14H,1-4H3. The van der Waals surface area contributed by atoms with Crippen molar-refractivity contribution in [1.82, 2.24) is 4.98 Å². The van der Waals surface area contributed by atoms with E-state index in [0.717, 1.165) is 17.0 Å². The second-order valence-electron chi connectivity index (χ2n) is 5.80. The Labute approximate surface area is 130 Å². The van der Waals surface area contributed by atoms with E-state index in [4.69, 9.17) is 0 Å². The summed E-state index contributed by atoms with van der Waals surface area (Å²) in [6.07, 6.45) is 3.47. The normalized spacial score (nSPS) is 17.8. The first-order valence-electron chi connectivity index (χ1n) is 7.39. The van der Waals surface area contributed by atoms with Gasteiger partial charge in [-0.2, -0.15) is 10.1 Å². The zero-order valence-electron chi connectivity index (χ0n) is 13.3. The first kappa shape index (κ1) is 14.4. The van der Waals surface area contributed by atoms with E-state index in [9.17, 15) is 4.79 Å². The van der Waals surface area contributed by atoms with Crippen LogP contribution in [0, 0.1) is 26.7 Å². The second kappa shape index (κ2) is 5.37. The summed E-state index contributed by atoms with van der Waals surface area (Å²) in [7, 11) is 0. The maximum absolute atomic E-state index is 12.6. The van der Waals surface area contributed by atoms with Gasteiger partial charge in [0, 0.05) is 18.0 Å². The second-order valence-corrected chi connectivity index (χ2v) is 5.80. The van der Waals surface area contributed by atoms with Gasteiger partial charge in [-0.25, -0.2) is 0 Å². The lowest BCUT2D eigenvalue weighted by Crippen LogP contribution is -2.25. The summed E-state index contributed by atoms with van der Waals surface area (Å²) in [5, 5.41) is 6.08. The fraction of sp³-hybridized carbons (Fsp3) is 0.278. The van der Waals surface area contributed by atoms with Gasteiger partial charge in [0.25, 0.3) is 5.91 Å². The van der Waals surface area contributed by atoms with Gasteiger partial charge in [0.15, 0.2) is 0 Å². The van der Waals surface area contributed by atoms with Crippen LogP contribution in [0.15, 0.2) is 41.8 Å². The van der Waals surface area contributed by atoms with E-state index in [-0.39, 0.29) is 11.8 Å². The highest BCUT2D eigenvalue weighted by molar-refractivity contribution is 6.21. The van der Waals surface area contributed by atoms with E-state index < -0.39 is 0 Å². The van der Waals surface area contributed by atoms with Crippen LogP contribution < -0.4 is 5.01 Å². The molecule has 1 aromatic heterocycles. The minimum Gasteiger partial charge on any atom is -0.272 e. The minimum atomic E-state index is -0.258. The lowest BCUT2D eigenvalue weighted by molar-refractivity contribution is -0.119. The number of hydrogen-bond donors (Lipinski definition) is 0. The number of hydrogen-bond acceptors (Lipinski definition) is 3. The van der Waals surface area contributed by atoms with Crippen molar-refractivity contribution in [3.63, 3.8) is 0 Å². The average molecular weight is 293 g/mol. The molecule has 1 amide bonds. The predicted molar refractivity (Wildman–Crippen MR) is 88.1 cm³/mol. The van der Waals surface area contributed by atoms with Crippen LogP contribution in [0.4, 0.5) is 5.69 Å². The van der Waals surface area contributed by atoms with Crippen LogP contribution in [0.25, 0.3) is 0 Å². The molecule has 22 heavy (non-hydrogen) atoms. The van der Waals surface area contributed by atoms with Gasteiger partial charge in [-0.15, -0.1) is 0 Å². The molecule has 0 radical (unpaired) electrons. The van der Waals surface area contributed by atoms with E-state index >= 15 is 0 Å². The molecule has 4 heteroatoms. The quantitative estimate of drug-likeness (QED) is 0.852. The zero-order valence-corrected chi connectivity index (χ0v) is 13.3. The fourth-order valence-electron chi connectivity index (χ4n) is 2.69. The molecular weight excluding hydrogens is 274 g/mol. The maximum Gasteiger partial charge on any atom is 0.256 e. The van der Waals surface area contributed by atoms with Crippen molar-refractivity contribution < 1.29 is 4.79 Å². The number of aromatic nitrogens is 1. The summed E-state index contributed by atoms with van der Waals surface area (Å²) in [5.74, 6) is -0.257. The summed E-state index contributed by atoms with van der Waals surface area (Å²) in [6.45, 7) is 8.10. The van der Waals surface area contributed by atoms with E-state index in [1.165, 1.54) is 21.7 Å². The Kier molecular flexibility index (Phi) is 3.53. The number of aryl methyl sites for hydroxylation is 2. The first-order valence-corrected chi connectivity index (χ1v) is 7.39. The molecule has 1 aromatic carbocycles. The molecule has 1 aliphatic rings. The highest BCUT2D eigenvalue weighted by atomic mass is 16.2. The van der Waals surface area contributed by atoms with Crippen molar-refractivity contribution in [1.29, 1.82) is 0 Å². The van der Waals surface area contributed by atoms with Crippen LogP contribution in [-0.2, 0) is 4.79 Å². The number of carbonyl (C=O) groups is 1. The Balaban J connectivity index is 2.05. The Morgan fingerprint density at radius 3 is 2.41 bits per heavy atom. The largest absolute Gasteiger partial charge is 0.272 e. The van der Waals surface area contributed by atoms with Gasteiger partial charge in [-0.3, -0.25) is 9.78 Å². The number of rotatable bonds is 2. The van der Waals surface area contributed by atoms with Crippen LogP contribution in [0.3, 0.4) is 0 Å². The van der Waals surface area contributed by atoms with E-state index in [1.54, 1.807) is 12.4 Å². The molecule has 0 saturated carbocycles. The molecule has 2 heterocycles. The Morgan fingerprint density at radius 1 is 1.14 bits per heavy atom. The van der Waals surface area contributed by atoms with E-state index in [1.807, 2.05) is 31.2 Å². The molecule has 4 nitrogen and oxygen atoms in total. The van der Waals surface area contributed by atoms with Crippen molar-refractivity contribution in [2.45, 2.75) is 27.7 Å². The minimum absolute atomic E-state index is 0.00139. The number of anilines is 1. The van der Waals surface area contributed by atoms with Crippen LogP contribution in [0.2, 0.25) is 0 Å². The number of hydrazone groups is 1. The van der Waals surface area contributed by atoms with Gasteiger partial charge in [-0.1, -0.05) is 0 Å². The lowest BCUT2D eigenvalue weighted by Gasteiger charge is -2.16. The van der Waals surface area contributed by atoms with Gasteiger partial charge in [-0.05, 0) is 68.7 Å². The molecule has 1 aliphatic heterocycles. The van der Waals surface area contributed by atoms with E-state index in [2.05, 4.69) is 30.9 Å². The van der Waals surface area contributed by atoms with Crippen molar-refractivity contribution in [2.75, 3.05) is 5.01 Å². The first-order chi connectivity index (χ1) is 10.5. The molecular formula is C18H19N3O. The van der Waals surface area contributed by atoms with Gasteiger partial charge < -0.3 is 0 Å². The molecule has 0 N–H and O–H groups in total. The molecule has 3 rings (SSSR count). The lowest BCUT2D eigenvalue weighted by atomic mass is 10.00. The fourth-order valence-corrected chi connectivity index (χ4v) is 2.69. The monoisotopic (exact) mass is 293 g/mol. The summed E-state index contributed by atoms with van der Waals surface area (Å²) in [5.41, 5.74) is 6.08. The summed E-state index contributed by atoms with van der Waals surface area (Å²) < 4.78 is 0. The smallest absolute Gasteiger partial charge is 0.256 e. The third-order valence-electron chi connectivity index (χ3n) is 4.31. The van der Waals surface area contributed by atoms with Gasteiger partial charge in [0.05, 0.1) is 17.3 Å². The Bertz CT molecular complexity index is 742. The highest BCUT2D eigenvalue weighted by Crippen LogP contribution is 2.29. The Morgan fingerprint density at radius 2 is 1.82 bits per heavy atom. The van der Waals surface area contributed by atoms with Gasteiger partial charge >= 0.3 is 0 Å². The van der Waals surface area contributed by atoms with Crippen LogP contribution in [-0.4, -0.2) is 16.6 Å². The molecule has 2 aromatic rings. The number of benzene rings is 1. The molecule has 1 unspecified atom stereocenters. The van der Waals surface area contributed by atoms with E-state index in [0.29, 0.717) is 0 Å². The van der Waals surface area contributed by atoms with Gasteiger partial charge in [0.1, 0.15) is 0 Å². The topological polar surface area (TPSA) is 45.6 Å². The molecule has 0 bridgehead atoms. The summed E-state index contributed by atoms with van der Waals surface area (Å²) >= 11 is 0. The molecule has 0 saturated heterocycles. The number of pyridine rings is 1. The maximum atomic E-state index is 12.6. The van der Waals surface area contributed by atoms with Gasteiger partial charge in [0.2, 0.25) is 0 Å². The number of nitrogens with zero attached hydrogens (tertiary/aromatic N) is 3. The number of carbonyl (C=O) groups excluding carboxylic acids is 1. The van der Waals surface area contributed by atoms with Crippen LogP contribution >= 0.6 is 0 Å². The number of amides is 1. The third-order valence-corrected chi connectivity index (χ3v) is 4.31. The molecule has 0 aliphatic carbocycles.